The summed E-state index contributed by atoms with van der Waals surface area (Å²) in [5.41, 5.74) is 1.42. The fourth-order valence-corrected chi connectivity index (χ4v) is 2.24. The first-order chi connectivity index (χ1) is 8.16. The van der Waals surface area contributed by atoms with Crippen LogP contribution in [0.4, 0.5) is 0 Å². The lowest BCUT2D eigenvalue weighted by molar-refractivity contribution is 0.0697. The van der Waals surface area contributed by atoms with E-state index in [2.05, 4.69) is 4.98 Å². The van der Waals surface area contributed by atoms with Gasteiger partial charge in [0, 0.05) is 22.2 Å². The van der Waals surface area contributed by atoms with Crippen molar-refractivity contribution >= 4 is 17.7 Å². The van der Waals surface area contributed by atoms with E-state index in [4.69, 9.17) is 5.11 Å². The standard InChI is InChI=1S/C13H11NO2S/c1-9-8-14-7-6-12(9)17-11-4-2-10(3-5-11)13(15)16/h2-8H,1H3,(H,15,16). The van der Waals surface area contributed by atoms with Crippen LogP contribution in [0.3, 0.4) is 0 Å². The molecule has 0 radical (unpaired) electrons. The van der Waals surface area contributed by atoms with Crippen LogP contribution in [0.1, 0.15) is 15.9 Å². The van der Waals surface area contributed by atoms with Crippen LogP contribution in [0.2, 0.25) is 0 Å². The zero-order valence-electron chi connectivity index (χ0n) is 9.25. The zero-order valence-corrected chi connectivity index (χ0v) is 10.1. The predicted molar refractivity (Wildman–Crippen MR) is 66.5 cm³/mol. The summed E-state index contributed by atoms with van der Waals surface area (Å²) in [6.45, 7) is 2.00. The average molecular weight is 245 g/mol. The van der Waals surface area contributed by atoms with Gasteiger partial charge in [0.1, 0.15) is 0 Å². The van der Waals surface area contributed by atoms with Crippen LogP contribution in [-0.4, -0.2) is 16.1 Å². The van der Waals surface area contributed by atoms with E-state index in [1.54, 1.807) is 30.1 Å². The molecule has 1 aromatic carbocycles. The second-order valence-corrected chi connectivity index (χ2v) is 4.69. The number of hydrogen-bond donors (Lipinski definition) is 1. The number of carbonyl (C=O) groups is 1. The number of nitrogens with zero attached hydrogens (tertiary/aromatic N) is 1. The Morgan fingerprint density at radius 2 is 1.94 bits per heavy atom. The normalized spacial score (nSPS) is 10.2. The third kappa shape index (κ3) is 2.85. The molecular formula is C13H11NO2S. The van der Waals surface area contributed by atoms with Crippen LogP contribution in [0.15, 0.2) is 52.5 Å². The first-order valence-electron chi connectivity index (χ1n) is 5.08. The van der Waals surface area contributed by atoms with E-state index in [1.165, 1.54) is 0 Å². The molecule has 0 amide bonds. The Morgan fingerprint density at radius 1 is 1.24 bits per heavy atom. The third-order valence-electron chi connectivity index (χ3n) is 2.30. The maximum atomic E-state index is 10.7. The number of aromatic carboxylic acids is 1. The summed E-state index contributed by atoms with van der Waals surface area (Å²) < 4.78 is 0. The van der Waals surface area contributed by atoms with E-state index in [9.17, 15) is 4.79 Å². The Balaban J connectivity index is 2.20. The second-order valence-electron chi connectivity index (χ2n) is 3.57. The molecule has 0 saturated carbocycles. The van der Waals surface area contributed by atoms with Crippen molar-refractivity contribution in [1.82, 2.24) is 4.98 Å². The zero-order chi connectivity index (χ0) is 12.3. The van der Waals surface area contributed by atoms with Crippen molar-refractivity contribution in [3.8, 4) is 0 Å². The van der Waals surface area contributed by atoms with Gasteiger partial charge >= 0.3 is 5.97 Å². The van der Waals surface area contributed by atoms with Crippen molar-refractivity contribution in [3.63, 3.8) is 0 Å². The van der Waals surface area contributed by atoms with Crippen LogP contribution in [0.25, 0.3) is 0 Å². The Kier molecular flexibility index (Phi) is 3.44. The van der Waals surface area contributed by atoms with Gasteiger partial charge in [-0.25, -0.2) is 4.79 Å². The molecular weight excluding hydrogens is 234 g/mol. The number of aryl methyl sites for hydroxylation is 1. The van der Waals surface area contributed by atoms with Gasteiger partial charge in [-0.3, -0.25) is 4.98 Å². The average Bonchev–Trinajstić information content (AvgIpc) is 2.33. The van der Waals surface area contributed by atoms with Gasteiger partial charge in [0.25, 0.3) is 0 Å². The van der Waals surface area contributed by atoms with Gasteiger partial charge in [-0.05, 0) is 42.8 Å². The number of carboxylic acid groups (broad SMARTS) is 1. The number of rotatable bonds is 3. The summed E-state index contributed by atoms with van der Waals surface area (Å²) in [6.07, 6.45) is 3.56. The molecule has 0 fully saturated rings. The van der Waals surface area contributed by atoms with Crippen molar-refractivity contribution in [3.05, 3.63) is 53.9 Å². The number of pyridine rings is 1. The van der Waals surface area contributed by atoms with Crippen molar-refractivity contribution in [2.45, 2.75) is 16.7 Å². The molecule has 0 aliphatic rings. The molecule has 0 spiro atoms. The molecule has 0 aliphatic carbocycles. The highest BCUT2D eigenvalue weighted by Crippen LogP contribution is 2.29. The Hall–Kier alpha value is -1.81. The van der Waals surface area contributed by atoms with E-state index in [0.717, 1.165) is 15.4 Å². The second kappa shape index (κ2) is 5.01. The van der Waals surface area contributed by atoms with E-state index in [-0.39, 0.29) is 0 Å². The fourth-order valence-electron chi connectivity index (χ4n) is 1.37. The molecule has 0 atom stereocenters. The molecule has 4 heteroatoms. The van der Waals surface area contributed by atoms with Crippen molar-refractivity contribution in [1.29, 1.82) is 0 Å². The summed E-state index contributed by atoms with van der Waals surface area (Å²) in [5, 5.41) is 8.79. The molecule has 0 bridgehead atoms. The molecule has 0 aliphatic heterocycles. The summed E-state index contributed by atoms with van der Waals surface area (Å²) in [7, 11) is 0. The highest BCUT2D eigenvalue weighted by molar-refractivity contribution is 7.99. The lowest BCUT2D eigenvalue weighted by Gasteiger charge is -2.04. The highest BCUT2D eigenvalue weighted by atomic mass is 32.2. The molecule has 2 rings (SSSR count). The smallest absolute Gasteiger partial charge is 0.335 e. The van der Waals surface area contributed by atoms with E-state index in [1.807, 2.05) is 31.3 Å². The minimum atomic E-state index is -0.901. The molecule has 0 unspecified atom stereocenters. The Morgan fingerprint density at radius 3 is 2.53 bits per heavy atom. The van der Waals surface area contributed by atoms with Gasteiger partial charge in [0.2, 0.25) is 0 Å². The third-order valence-corrected chi connectivity index (χ3v) is 3.48. The maximum Gasteiger partial charge on any atom is 0.335 e. The van der Waals surface area contributed by atoms with Crippen LogP contribution >= 0.6 is 11.8 Å². The summed E-state index contributed by atoms with van der Waals surface area (Å²) >= 11 is 1.60. The first-order valence-corrected chi connectivity index (χ1v) is 5.90. The van der Waals surface area contributed by atoms with Crippen molar-refractivity contribution in [2.24, 2.45) is 0 Å². The topological polar surface area (TPSA) is 50.2 Å². The highest BCUT2D eigenvalue weighted by Gasteiger charge is 2.04. The number of aromatic nitrogens is 1. The summed E-state index contributed by atoms with van der Waals surface area (Å²) in [4.78, 5) is 16.9. The van der Waals surface area contributed by atoms with Gasteiger partial charge in [-0.1, -0.05) is 11.8 Å². The molecule has 1 N–H and O–H groups in total. The molecule has 3 nitrogen and oxygen atoms in total. The molecule has 86 valence electrons. The van der Waals surface area contributed by atoms with Gasteiger partial charge in [-0.15, -0.1) is 0 Å². The molecule has 0 saturated heterocycles. The molecule has 1 heterocycles. The lowest BCUT2D eigenvalue weighted by Crippen LogP contribution is -1.94. The van der Waals surface area contributed by atoms with Gasteiger partial charge in [-0.2, -0.15) is 0 Å². The summed E-state index contributed by atoms with van der Waals surface area (Å²) in [6, 6.07) is 8.80. The first kappa shape index (κ1) is 11.7. The number of hydrogen-bond acceptors (Lipinski definition) is 3. The van der Waals surface area contributed by atoms with Gasteiger partial charge < -0.3 is 5.11 Å². The molecule has 1 aromatic heterocycles. The fraction of sp³-hybridized carbons (Fsp3) is 0.0769. The van der Waals surface area contributed by atoms with Crippen LogP contribution < -0.4 is 0 Å². The SMILES string of the molecule is Cc1cnccc1Sc1ccc(C(=O)O)cc1. The van der Waals surface area contributed by atoms with Crippen molar-refractivity contribution < 1.29 is 9.90 Å². The van der Waals surface area contributed by atoms with Gasteiger partial charge in [0.15, 0.2) is 0 Å². The Labute approximate surface area is 104 Å². The predicted octanol–water partition coefficient (Wildman–Crippen LogP) is 3.24. The Bertz CT molecular complexity index is 537. The number of carboxylic acids is 1. The minimum absolute atomic E-state index is 0.306. The van der Waals surface area contributed by atoms with Crippen molar-refractivity contribution in [2.75, 3.05) is 0 Å². The van der Waals surface area contributed by atoms with Crippen LogP contribution in [0, 0.1) is 6.92 Å². The molecule has 2 aromatic rings. The van der Waals surface area contributed by atoms with E-state index < -0.39 is 5.97 Å². The minimum Gasteiger partial charge on any atom is -0.478 e. The lowest BCUT2D eigenvalue weighted by atomic mass is 10.2. The summed E-state index contributed by atoms with van der Waals surface area (Å²) in [5.74, 6) is -0.901. The number of benzene rings is 1. The van der Waals surface area contributed by atoms with Crippen LogP contribution in [0.5, 0.6) is 0 Å². The van der Waals surface area contributed by atoms with Gasteiger partial charge in [0.05, 0.1) is 5.56 Å². The largest absolute Gasteiger partial charge is 0.478 e. The molecule has 17 heavy (non-hydrogen) atoms. The maximum absolute atomic E-state index is 10.7. The van der Waals surface area contributed by atoms with E-state index in [0.29, 0.717) is 5.56 Å². The quantitative estimate of drug-likeness (QED) is 0.901. The van der Waals surface area contributed by atoms with Crippen LogP contribution in [-0.2, 0) is 0 Å². The monoisotopic (exact) mass is 245 g/mol. The van der Waals surface area contributed by atoms with E-state index >= 15 is 0 Å².